The van der Waals surface area contributed by atoms with Crippen LogP contribution in [0.1, 0.15) is 13.8 Å². The van der Waals surface area contributed by atoms with Crippen LogP contribution in [0.5, 0.6) is 0 Å². The number of hydrogen-bond donors (Lipinski definition) is 0. The maximum Gasteiger partial charge on any atom is 0.0708 e. The van der Waals surface area contributed by atoms with E-state index in [4.69, 9.17) is 0 Å². The fourth-order valence-corrected chi connectivity index (χ4v) is 1.83. The molecule has 16 heavy (non-hydrogen) atoms. The third-order valence-electron chi connectivity index (χ3n) is 2.51. The van der Waals surface area contributed by atoms with Crippen LogP contribution in [0.25, 0.3) is 21.7 Å². The van der Waals surface area contributed by atoms with E-state index in [1.54, 1.807) is 0 Å². The molecule has 0 bridgehead atoms. The van der Waals surface area contributed by atoms with Gasteiger partial charge in [-0.15, -0.1) is 0 Å². The molecule has 2 aromatic carbocycles. The molecule has 0 spiro atoms. The van der Waals surface area contributed by atoms with Gasteiger partial charge in [-0.25, -0.2) is 0 Å². The summed E-state index contributed by atoms with van der Waals surface area (Å²) in [4.78, 5) is 4.33. The first kappa shape index (κ1) is 10.6. The Morgan fingerprint density at radius 3 is 2.38 bits per heavy atom. The van der Waals surface area contributed by atoms with E-state index in [9.17, 15) is 0 Å². The minimum absolute atomic E-state index is 1.06. The van der Waals surface area contributed by atoms with E-state index in [0.29, 0.717) is 0 Å². The van der Waals surface area contributed by atoms with Gasteiger partial charge in [-0.1, -0.05) is 50.2 Å². The van der Waals surface area contributed by atoms with Gasteiger partial charge in [-0.2, -0.15) is 0 Å². The minimum atomic E-state index is 1.06. The Kier molecular flexibility index (Phi) is 3.16. The van der Waals surface area contributed by atoms with Crippen LogP contribution in [-0.4, -0.2) is 4.98 Å². The van der Waals surface area contributed by atoms with Crippen molar-refractivity contribution in [2.24, 2.45) is 0 Å². The second-order valence-corrected chi connectivity index (χ2v) is 3.36. The maximum absolute atomic E-state index is 4.33. The third kappa shape index (κ3) is 1.76. The average Bonchev–Trinajstić information content (AvgIpc) is 2.41. The predicted molar refractivity (Wildman–Crippen MR) is 70.6 cm³/mol. The normalized spacial score (nSPS) is 9.88. The summed E-state index contributed by atoms with van der Waals surface area (Å²) in [5.74, 6) is 0. The highest BCUT2D eigenvalue weighted by molar-refractivity contribution is 6.05. The van der Waals surface area contributed by atoms with Crippen molar-refractivity contribution in [1.29, 1.82) is 0 Å². The topological polar surface area (TPSA) is 12.9 Å². The van der Waals surface area contributed by atoms with Crippen LogP contribution >= 0.6 is 0 Å². The zero-order chi connectivity index (χ0) is 11.4. The van der Waals surface area contributed by atoms with E-state index in [2.05, 4.69) is 47.4 Å². The van der Waals surface area contributed by atoms with Crippen LogP contribution in [0.15, 0.2) is 54.7 Å². The fraction of sp³-hybridized carbons (Fsp3) is 0.133. The molecule has 0 aliphatic heterocycles. The molecule has 0 aliphatic carbocycles. The zero-order valence-corrected chi connectivity index (χ0v) is 9.64. The highest BCUT2D eigenvalue weighted by Crippen LogP contribution is 2.22. The number of hydrogen-bond acceptors (Lipinski definition) is 1. The van der Waals surface area contributed by atoms with E-state index in [0.717, 1.165) is 5.52 Å². The molecule has 1 heteroatoms. The van der Waals surface area contributed by atoms with Gasteiger partial charge in [-0.3, -0.25) is 4.98 Å². The van der Waals surface area contributed by atoms with Crippen molar-refractivity contribution in [3.8, 4) is 0 Å². The van der Waals surface area contributed by atoms with Gasteiger partial charge in [0.25, 0.3) is 0 Å². The fourth-order valence-electron chi connectivity index (χ4n) is 1.83. The van der Waals surface area contributed by atoms with Gasteiger partial charge >= 0.3 is 0 Å². The van der Waals surface area contributed by atoms with Crippen LogP contribution in [0.4, 0.5) is 0 Å². The summed E-state index contributed by atoms with van der Waals surface area (Å²) >= 11 is 0. The molecule has 0 N–H and O–H groups in total. The van der Waals surface area contributed by atoms with Gasteiger partial charge in [0.1, 0.15) is 0 Å². The number of rotatable bonds is 0. The molecule has 0 saturated carbocycles. The van der Waals surface area contributed by atoms with Crippen LogP contribution in [0, 0.1) is 0 Å². The first-order valence-electron chi connectivity index (χ1n) is 5.68. The SMILES string of the molecule is CC.c1ccc2c(c1)ccc1ncccc12. The van der Waals surface area contributed by atoms with E-state index in [-0.39, 0.29) is 0 Å². The molecule has 0 aliphatic rings. The lowest BCUT2D eigenvalue weighted by atomic mass is 10.1. The van der Waals surface area contributed by atoms with Gasteiger partial charge in [0.15, 0.2) is 0 Å². The Bertz CT molecular complexity index is 544. The van der Waals surface area contributed by atoms with Crippen LogP contribution in [0.2, 0.25) is 0 Å². The molecule has 0 fully saturated rings. The molecule has 3 rings (SSSR count). The number of benzene rings is 2. The molecule has 1 nitrogen and oxygen atoms in total. The Balaban J connectivity index is 0.000000457. The van der Waals surface area contributed by atoms with Crippen molar-refractivity contribution in [2.45, 2.75) is 13.8 Å². The molecule has 0 atom stereocenters. The minimum Gasteiger partial charge on any atom is -0.256 e. The first-order valence-corrected chi connectivity index (χ1v) is 5.68. The van der Waals surface area contributed by atoms with E-state index >= 15 is 0 Å². The molecule has 1 aromatic heterocycles. The highest BCUT2D eigenvalue weighted by Gasteiger charge is 1.98. The lowest BCUT2D eigenvalue weighted by molar-refractivity contribution is 1.42. The largest absolute Gasteiger partial charge is 0.256 e. The number of pyridine rings is 1. The third-order valence-corrected chi connectivity index (χ3v) is 2.51. The van der Waals surface area contributed by atoms with Gasteiger partial charge < -0.3 is 0 Å². The molecular formula is C15H15N. The quantitative estimate of drug-likeness (QED) is 0.499. The summed E-state index contributed by atoms with van der Waals surface area (Å²) in [6, 6.07) is 16.7. The van der Waals surface area contributed by atoms with Crippen LogP contribution in [-0.2, 0) is 0 Å². The molecule has 3 aromatic rings. The maximum atomic E-state index is 4.33. The molecular weight excluding hydrogens is 194 g/mol. The van der Waals surface area contributed by atoms with E-state index < -0.39 is 0 Å². The average molecular weight is 209 g/mol. The number of nitrogens with zero attached hydrogens (tertiary/aromatic N) is 1. The van der Waals surface area contributed by atoms with E-state index in [1.807, 2.05) is 26.1 Å². The molecule has 0 radical (unpaired) electrons. The van der Waals surface area contributed by atoms with Crippen molar-refractivity contribution in [3.63, 3.8) is 0 Å². The lowest BCUT2D eigenvalue weighted by Crippen LogP contribution is -1.79. The second-order valence-electron chi connectivity index (χ2n) is 3.36. The standard InChI is InChI=1S/C13H9N.C2H6/c1-2-5-11-10(4-1)7-8-13-12(11)6-3-9-14-13;1-2/h1-9H;1-2H3. The van der Waals surface area contributed by atoms with Crippen molar-refractivity contribution < 1.29 is 0 Å². The van der Waals surface area contributed by atoms with Crippen molar-refractivity contribution in [2.75, 3.05) is 0 Å². The summed E-state index contributed by atoms with van der Waals surface area (Å²) in [6.07, 6.45) is 1.83. The Morgan fingerprint density at radius 1 is 0.750 bits per heavy atom. The van der Waals surface area contributed by atoms with Crippen molar-refractivity contribution in [1.82, 2.24) is 4.98 Å². The van der Waals surface area contributed by atoms with Crippen molar-refractivity contribution >= 4 is 21.7 Å². The Hall–Kier alpha value is -1.89. The molecule has 80 valence electrons. The molecule has 1 heterocycles. The summed E-state index contributed by atoms with van der Waals surface area (Å²) in [5, 5.41) is 3.77. The highest BCUT2D eigenvalue weighted by atomic mass is 14.6. The molecule has 0 saturated heterocycles. The predicted octanol–water partition coefficient (Wildman–Crippen LogP) is 4.41. The summed E-state index contributed by atoms with van der Waals surface area (Å²) in [7, 11) is 0. The number of fused-ring (bicyclic) bond motifs is 3. The van der Waals surface area contributed by atoms with Crippen LogP contribution < -0.4 is 0 Å². The van der Waals surface area contributed by atoms with Crippen molar-refractivity contribution in [3.05, 3.63) is 54.7 Å². The zero-order valence-electron chi connectivity index (χ0n) is 9.64. The lowest BCUT2D eigenvalue weighted by Gasteiger charge is -2.01. The first-order chi connectivity index (χ1) is 7.95. The Labute approximate surface area is 95.8 Å². The Morgan fingerprint density at radius 2 is 1.50 bits per heavy atom. The smallest absolute Gasteiger partial charge is 0.0708 e. The van der Waals surface area contributed by atoms with Gasteiger partial charge in [0, 0.05) is 11.6 Å². The monoisotopic (exact) mass is 209 g/mol. The van der Waals surface area contributed by atoms with Gasteiger partial charge in [0.05, 0.1) is 5.52 Å². The second kappa shape index (κ2) is 4.75. The molecule has 0 amide bonds. The molecule has 0 unspecified atom stereocenters. The number of aromatic nitrogens is 1. The summed E-state index contributed by atoms with van der Waals surface area (Å²) < 4.78 is 0. The summed E-state index contributed by atoms with van der Waals surface area (Å²) in [5.41, 5.74) is 1.06. The van der Waals surface area contributed by atoms with Gasteiger partial charge in [0.2, 0.25) is 0 Å². The van der Waals surface area contributed by atoms with Gasteiger partial charge in [-0.05, 0) is 22.9 Å². The van der Waals surface area contributed by atoms with E-state index in [1.165, 1.54) is 16.2 Å². The summed E-state index contributed by atoms with van der Waals surface area (Å²) in [6.45, 7) is 4.00. The van der Waals surface area contributed by atoms with Crippen LogP contribution in [0.3, 0.4) is 0 Å².